The molecule has 2 aliphatic heterocycles. The largest absolute Gasteiger partial charge is 0.871 e. The smallest absolute Gasteiger partial charge is 0.236 e. The van der Waals surface area contributed by atoms with Gasteiger partial charge in [0.1, 0.15) is 7.05 Å². The number of ketones is 1. The van der Waals surface area contributed by atoms with E-state index < -0.39 is 0 Å². The van der Waals surface area contributed by atoms with Crippen LogP contribution in [0.15, 0.2) is 34.1 Å². The van der Waals surface area contributed by atoms with E-state index in [9.17, 15) is 9.90 Å². The first-order chi connectivity index (χ1) is 13.5. The fourth-order valence-electron chi connectivity index (χ4n) is 5.33. The van der Waals surface area contributed by atoms with E-state index in [1.807, 2.05) is 35.7 Å². The number of carbonyl (C=O) groups is 1. The van der Waals surface area contributed by atoms with E-state index in [1.54, 1.807) is 0 Å². The van der Waals surface area contributed by atoms with E-state index in [0.29, 0.717) is 33.7 Å². The first-order valence-electron chi connectivity index (χ1n) is 10.6. The van der Waals surface area contributed by atoms with Crippen molar-refractivity contribution in [2.75, 3.05) is 14.1 Å². The van der Waals surface area contributed by atoms with Gasteiger partial charge in [0.25, 0.3) is 0 Å². The molecule has 3 aliphatic carbocycles. The van der Waals surface area contributed by atoms with Crippen molar-refractivity contribution in [3.8, 4) is 0 Å². The molecule has 2 heterocycles. The van der Waals surface area contributed by atoms with Gasteiger partial charge < -0.3 is 10.0 Å². The van der Waals surface area contributed by atoms with Crippen LogP contribution in [0.25, 0.3) is 0 Å². The Labute approximate surface area is 175 Å². The molecule has 150 valence electrons. The molecule has 4 unspecified atom stereocenters. The van der Waals surface area contributed by atoms with Gasteiger partial charge in [0.2, 0.25) is 5.04 Å². The summed E-state index contributed by atoms with van der Waals surface area (Å²) in [6, 6.07) is 1.13. The predicted molar refractivity (Wildman–Crippen MR) is 114 cm³/mol. The maximum atomic E-state index is 12.8. The predicted octanol–water partition coefficient (Wildman–Crippen LogP) is 3.04. The first-order valence-corrected chi connectivity index (χ1v) is 12.4. The third-order valence-corrected chi connectivity index (χ3v) is 10.1. The summed E-state index contributed by atoms with van der Waals surface area (Å²) in [5, 5.41) is 16.2. The van der Waals surface area contributed by atoms with E-state index in [4.69, 9.17) is 0 Å². The Morgan fingerprint density at radius 2 is 1.75 bits per heavy atom. The second-order valence-electron chi connectivity index (χ2n) is 8.69. The lowest BCUT2D eigenvalue weighted by molar-refractivity contribution is -0.533. The number of rotatable bonds is 2. The van der Waals surface area contributed by atoms with Crippen molar-refractivity contribution in [1.29, 1.82) is 0 Å². The number of allylic oxidation sites excluding steroid dienone is 3. The summed E-state index contributed by atoms with van der Waals surface area (Å²) in [6.45, 7) is 0. The van der Waals surface area contributed by atoms with Crippen LogP contribution < -0.4 is 5.11 Å². The van der Waals surface area contributed by atoms with E-state index in [0.717, 1.165) is 10.1 Å². The number of thioether (sulfide) groups is 2. The van der Waals surface area contributed by atoms with Crippen LogP contribution in [0.4, 0.5) is 0 Å². The number of hydrogen-bond acceptors (Lipinski definition) is 5. The van der Waals surface area contributed by atoms with Gasteiger partial charge in [-0.3, -0.25) is 4.79 Å². The second-order valence-corrected chi connectivity index (χ2v) is 11.2. The Morgan fingerprint density at radius 1 is 1.04 bits per heavy atom. The molecule has 0 radical (unpaired) electrons. The van der Waals surface area contributed by atoms with Gasteiger partial charge in [-0.25, -0.2) is 4.58 Å². The number of fused-ring (bicyclic) bond motifs is 2. The van der Waals surface area contributed by atoms with Gasteiger partial charge in [-0.15, -0.1) is 11.8 Å². The van der Waals surface area contributed by atoms with E-state index >= 15 is 0 Å². The second kappa shape index (κ2) is 7.28. The lowest BCUT2D eigenvalue weighted by Gasteiger charge is -2.30. The molecule has 0 bridgehead atoms. The van der Waals surface area contributed by atoms with Crippen molar-refractivity contribution in [3.63, 3.8) is 0 Å². The van der Waals surface area contributed by atoms with Gasteiger partial charge in [0.15, 0.2) is 11.8 Å². The maximum Gasteiger partial charge on any atom is 0.236 e. The van der Waals surface area contributed by atoms with E-state index in [-0.39, 0.29) is 11.5 Å². The molecule has 28 heavy (non-hydrogen) atoms. The summed E-state index contributed by atoms with van der Waals surface area (Å²) in [5.41, 5.74) is 0.755. The molecule has 0 N–H and O–H groups in total. The number of nitrogens with zero attached hydrogens (tertiary/aromatic N) is 2. The van der Waals surface area contributed by atoms with E-state index in [2.05, 4.69) is 23.6 Å². The Kier molecular flexibility index (Phi) is 4.90. The van der Waals surface area contributed by atoms with Gasteiger partial charge in [-0.05, 0) is 43.5 Å². The molecule has 1 saturated heterocycles. The molecule has 0 spiro atoms. The molecule has 3 fully saturated rings. The lowest BCUT2D eigenvalue weighted by Crippen LogP contribution is -2.34. The summed E-state index contributed by atoms with van der Waals surface area (Å²) in [6.07, 6.45) is 13.8. The zero-order valence-electron chi connectivity index (χ0n) is 16.6. The van der Waals surface area contributed by atoms with Crippen LogP contribution in [-0.4, -0.2) is 57.0 Å². The van der Waals surface area contributed by atoms with Crippen molar-refractivity contribution in [2.24, 2.45) is 0 Å². The molecule has 0 amide bonds. The normalized spacial score (nSPS) is 38.4. The molecular formula is C22H28N2O2S2. The number of carbonyl (C=O) groups excluding carboxylic acids is 1. The SMILES string of the molecule is CN1C(=CC2=C([O-])C(=CC3=[N+](C)C4CCCCC4S3)C2=O)SC2CCCCC21. The van der Waals surface area contributed by atoms with Gasteiger partial charge in [-0.1, -0.05) is 25.0 Å². The summed E-state index contributed by atoms with van der Waals surface area (Å²) >= 11 is 3.71. The quantitative estimate of drug-likeness (QED) is 0.511. The van der Waals surface area contributed by atoms with Crippen LogP contribution in [0.5, 0.6) is 0 Å². The molecule has 0 aromatic rings. The van der Waals surface area contributed by atoms with Crippen molar-refractivity contribution < 1.29 is 14.5 Å². The Morgan fingerprint density at radius 3 is 2.46 bits per heavy atom. The van der Waals surface area contributed by atoms with E-state index in [1.165, 1.54) is 51.4 Å². The zero-order valence-corrected chi connectivity index (χ0v) is 18.3. The fraction of sp³-hybridized carbons (Fsp3) is 0.636. The summed E-state index contributed by atoms with van der Waals surface area (Å²) in [4.78, 5) is 15.0. The van der Waals surface area contributed by atoms with Crippen LogP contribution in [0.3, 0.4) is 0 Å². The zero-order chi connectivity index (χ0) is 19.4. The standard InChI is InChI=1S/C22H28N2O2S2/c1-23-15-7-3-5-9-17(15)27-19(23)11-13-21(25)14(22(13)26)12-20-24(2)16-8-4-6-10-18(16)28-20/h11-12,15-18H,3-10H2,1-2H3. The molecule has 0 aromatic heterocycles. The average molecular weight is 417 g/mol. The van der Waals surface area contributed by atoms with Crippen LogP contribution in [-0.2, 0) is 4.79 Å². The summed E-state index contributed by atoms with van der Waals surface area (Å²) in [7, 11) is 4.23. The third kappa shape index (κ3) is 2.98. The number of hydrogen-bond donors (Lipinski definition) is 0. The molecule has 0 aromatic carbocycles. The number of Topliss-reactive ketones (excluding diaryl/α,β-unsaturated/α-hetero) is 1. The first kappa shape index (κ1) is 18.9. The molecule has 6 heteroatoms. The topological polar surface area (TPSA) is 46.4 Å². The van der Waals surface area contributed by atoms with Gasteiger partial charge in [0.05, 0.1) is 10.3 Å². The Hall–Kier alpha value is -1.14. The van der Waals surface area contributed by atoms with Crippen LogP contribution >= 0.6 is 23.5 Å². The van der Waals surface area contributed by atoms with Crippen molar-refractivity contribution in [3.05, 3.63) is 34.1 Å². The highest BCUT2D eigenvalue weighted by molar-refractivity contribution is 8.14. The van der Waals surface area contributed by atoms with Crippen molar-refractivity contribution >= 4 is 34.4 Å². The van der Waals surface area contributed by atoms with Crippen LogP contribution in [0.2, 0.25) is 0 Å². The van der Waals surface area contributed by atoms with Gasteiger partial charge >= 0.3 is 0 Å². The highest BCUT2D eigenvalue weighted by Gasteiger charge is 2.42. The Bertz CT molecular complexity index is 841. The summed E-state index contributed by atoms with van der Waals surface area (Å²) in [5.74, 6) is -0.143. The van der Waals surface area contributed by atoms with Crippen LogP contribution in [0.1, 0.15) is 51.4 Å². The molecule has 4 nitrogen and oxygen atoms in total. The highest BCUT2D eigenvalue weighted by atomic mass is 32.2. The minimum Gasteiger partial charge on any atom is -0.871 e. The maximum absolute atomic E-state index is 12.8. The highest BCUT2D eigenvalue weighted by Crippen LogP contribution is 2.46. The van der Waals surface area contributed by atoms with Crippen LogP contribution in [0, 0.1) is 0 Å². The molecular weight excluding hydrogens is 388 g/mol. The van der Waals surface area contributed by atoms with Gasteiger partial charge in [0, 0.05) is 42.0 Å². The minimum atomic E-state index is -0.0715. The van der Waals surface area contributed by atoms with Gasteiger partial charge in [-0.2, -0.15) is 0 Å². The molecule has 2 saturated carbocycles. The van der Waals surface area contributed by atoms with Crippen molar-refractivity contribution in [1.82, 2.24) is 4.90 Å². The Balaban J connectivity index is 1.38. The monoisotopic (exact) mass is 416 g/mol. The molecule has 5 rings (SSSR count). The lowest BCUT2D eigenvalue weighted by atomic mass is 9.87. The average Bonchev–Trinajstić information content (AvgIpc) is 3.21. The van der Waals surface area contributed by atoms with Crippen molar-refractivity contribution in [2.45, 2.75) is 74.0 Å². The minimum absolute atomic E-state index is 0.0715. The fourth-order valence-corrected chi connectivity index (χ4v) is 8.45. The third-order valence-electron chi connectivity index (χ3n) is 7.08. The summed E-state index contributed by atoms with van der Waals surface area (Å²) < 4.78 is 2.30. The molecule has 5 aliphatic rings. The molecule has 4 atom stereocenters.